The van der Waals surface area contributed by atoms with E-state index in [2.05, 4.69) is 20.8 Å². The minimum atomic E-state index is -1.73. The summed E-state index contributed by atoms with van der Waals surface area (Å²) in [5.74, 6) is -5.80. The predicted octanol–water partition coefficient (Wildman–Crippen LogP) is -1.41. The first-order valence-electron chi connectivity index (χ1n) is 12.1. The number of aromatic nitrogens is 2. The largest absolute Gasteiger partial charge is 0.462 e. The smallest absolute Gasteiger partial charge is 0.349 e. The predicted molar refractivity (Wildman–Crippen MR) is 138 cm³/mol. The zero-order valence-corrected chi connectivity index (χ0v) is 23.6. The number of carbonyl (C=O) groups is 7. The van der Waals surface area contributed by atoms with Crippen LogP contribution < -0.4 is 16.4 Å². The quantitative estimate of drug-likeness (QED) is 0.108. The lowest BCUT2D eigenvalue weighted by Crippen LogP contribution is -2.53. The lowest BCUT2D eigenvalue weighted by molar-refractivity contribution is -0.197. The normalized spacial score (nSPS) is 13.5. The summed E-state index contributed by atoms with van der Waals surface area (Å²) in [7, 11) is 0. The van der Waals surface area contributed by atoms with Crippen molar-refractivity contribution in [3.8, 4) is 0 Å². The Bertz CT molecular complexity index is 1280. The van der Waals surface area contributed by atoms with Gasteiger partial charge in [-0.25, -0.2) is 10.2 Å². The van der Waals surface area contributed by atoms with Crippen LogP contribution in [0.4, 0.5) is 5.82 Å². The van der Waals surface area contributed by atoms with Gasteiger partial charge in [-0.1, -0.05) is 0 Å². The molecule has 1 aromatic rings. The Hall–Kier alpha value is -5.16. The van der Waals surface area contributed by atoms with Gasteiger partial charge in [0, 0.05) is 47.7 Å². The van der Waals surface area contributed by atoms with Gasteiger partial charge in [-0.05, 0) is 6.07 Å². The molecular weight excluding hydrogens is 566 g/mol. The monoisotopic (exact) mass is 597 g/mol. The summed E-state index contributed by atoms with van der Waals surface area (Å²) in [6, 6.07) is 1.28. The third kappa shape index (κ3) is 13.3. The Morgan fingerprint density at radius 3 is 1.93 bits per heavy atom. The number of esters is 5. The Morgan fingerprint density at radius 1 is 0.857 bits per heavy atom. The van der Waals surface area contributed by atoms with Crippen LogP contribution in [0.1, 0.15) is 41.5 Å². The molecule has 0 aliphatic carbocycles. The van der Waals surface area contributed by atoms with Crippen LogP contribution >= 0.6 is 0 Å². The second kappa shape index (κ2) is 16.8. The maximum atomic E-state index is 12.4. The average molecular weight is 598 g/mol. The van der Waals surface area contributed by atoms with Gasteiger partial charge in [0.1, 0.15) is 19.0 Å². The van der Waals surface area contributed by atoms with Crippen LogP contribution in [0.5, 0.6) is 0 Å². The molecule has 1 heterocycles. The summed E-state index contributed by atoms with van der Waals surface area (Å²) >= 11 is 0. The maximum Gasteiger partial charge on any atom is 0.349 e. The molecule has 4 atom stereocenters. The first kappa shape index (κ1) is 34.9. The molecule has 0 bridgehead atoms. The first-order valence-corrected chi connectivity index (χ1v) is 12.1. The molecule has 0 fully saturated rings. The van der Waals surface area contributed by atoms with Crippen LogP contribution in [-0.2, 0) is 63.8 Å². The van der Waals surface area contributed by atoms with Crippen molar-refractivity contribution in [1.82, 2.24) is 15.0 Å². The minimum Gasteiger partial charge on any atom is -0.462 e. The zero-order valence-electron chi connectivity index (χ0n) is 23.6. The van der Waals surface area contributed by atoms with Gasteiger partial charge in [0.2, 0.25) is 5.91 Å². The van der Waals surface area contributed by atoms with Crippen molar-refractivity contribution in [2.45, 2.75) is 72.5 Å². The lowest BCUT2D eigenvalue weighted by Gasteiger charge is -2.34. The highest BCUT2D eigenvalue weighted by atomic mass is 16.6. The molecule has 1 aromatic heterocycles. The highest BCUT2D eigenvalue weighted by Crippen LogP contribution is 2.19. The standard InChI is InChI=1S/C24H31N5O13/c1-12(30)26-20-7-8-29(24(37)27-20)10-21(36)28-25-9-18(39-14(3)32)22(41-16(5)34)23(42-17(6)35)19(40-15(4)33)11-38-13(2)31/h7-9,18-19,22-23H,10-11H2,1-6H3,(H,28,36)(H,26,27,30,37)/b25-9+/t18-,19-,22-,23-/m1/s1. The van der Waals surface area contributed by atoms with Gasteiger partial charge in [-0.2, -0.15) is 10.1 Å². The van der Waals surface area contributed by atoms with E-state index in [0.29, 0.717) is 0 Å². The molecule has 0 saturated heterocycles. The number of ether oxygens (including phenoxy) is 5. The Labute approximate surface area is 238 Å². The summed E-state index contributed by atoms with van der Waals surface area (Å²) in [4.78, 5) is 98.1. The molecule has 0 aliphatic heterocycles. The van der Waals surface area contributed by atoms with Gasteiger partial charge in [0.05, 0.1) is 6.21 Å². The van der Waals surface area contributed by atoms with Gasteiger partial charge in [-0.3, -0.25) is 38.1 Å². The van der Waals surface area contributed by atoms with Crippen molar-refractivity contribution < 1.29 is 57.2 Å². The summed E-state index contributed by atoms with van der Waals surface area (Å²) in [5.41, 5.74) is 1.22. The second-order valence-corrected chi connectivity index (χ2v) is 8.39. The molecule has 1 rings (SSSR count). The van der Waals surface area contributed by atoms with Crippen LogP contribution in [0.25, 0.3) is 0 Å². The SMILES string of the molecule is CC(=O)Nc1ccn(CC(=O)N/N=C/[C@@H](OC(C)=O)[C@@H](OC(C)=O)[C@H](OC(C)=O)[C@@H](COC(C)=O)OC(C)=O)c(=O)n1. The zero-order chi connectivity index (χ0) is 32.0. The molecule has 18 nitrogen and oxygen atoms in total. The van der Waals surface area contributed by atoms with Crippen molar-refractivity contribution in [1.29, 1.82) is 0 Å². The highest BCUT2D eigenvalue weighted by Gasteiger charge is 2.43. The number of anilines is 1. The minimum absolute atomic E-state index is 0.0222. The highest BCUT2D eigenvalue weighted by molar-refractivity contribution is 5.87. The van der Waals surface area contributed by atoms with E-state index >= 15 is 0 Å². The van der Waals surface area contributed by atoms with Crippen LogP contribution in [0, 0.1) is 0 Å². The van der Waals surface area contributed by atoms with E-state index in [4.69, 9.17) is 23.7 Å². The molecule has 0 spiro atoms. The molecular formula is C24H31N5O13. The molecule has 2 amide bonds. The molecule has 0 unspecified atom stereocenters. The molecule has 0 saturated carbocycles. The lowest BCUT2D eigenvalue weighted by atomic mass is 10.0. The number of nitrogens with one attached hydrogen (secondary N) is 2. The number of hydrazone groups is 1. The van der Waals surface area contributed by atoms with Gasteiger partial charge < -0.3 is 29.0 Å². The van der Waals surface area contributed by atoms with E-state index in [-0.39, 0.29) is 5.82 Å². The molecule has 18 heteroatoms. The summed E-state index contributed by atoms with van der Waals surface area (Å²) in [5, 5.41) is 5.99. The fourth-order valence-electron chi connectivity index (χ4n) is 3.21. The van der Waals surface area contributed by atoms with Crippen molar-refractivity contribution in [2.75, 3.05) is 11.9 Å². The van der Waals surface area contributed by atoms with E-state index < -0.39 is 84.9 Å². The van der Waals surface area contributed by atoms with Crippen molar-refractivity contribution in [3.63, 3.8) is 0 Å². The fraction of sp³-hybridized carbons (Fsp3) is 0.500. The second-order valence-electron chi connectivity index (χ2n) is 8.39. The topological polar surface area (TPSA) is 237 Å². The number of rotatable bonds is 14. The molecule has 42 heavy (non-hydrogen) atoms. The Balaban J connectivity index is 3.31. The molecule has 230 valence electrons. The van der Waals surface area contributed by atoms with Crippen LogP contribution in [0.15, 0.2) is 22.2 Å². The molecule has 0 aliphatic rings. The molecule has 2 N–H and O–H groups in total. The first-order chi connectivity index (χ1) is 19.6. The van der Waals surface area contributed by atoms with Gasteiger partial charge >= 0.3 is 35.5 Å². The van der Waals surface area contributed by atoms with Crippen LogP contribution in [-0.4, -0.2) is 88.4 Å². The summed E-state index contributed by atoms with van der Waals surface area (Å²) in [6.45, 7) is 5.06. The van der Waals surface area contributed by atoms with Crippen molar-refractivity contribution in [3.05, 3.63) is 22.7 Å². The van der Waals surface area contributed by atoms with Crippen molar-refractivity contribution in [2.24, 2.45) is 5.10 Å². The fourth-order valence-corrected chi connectivity index (χ4v) is 3.21. The van der Waals surface area contributed by atoms with Crippen LogP contribution in [0.2, 0.25) is 0 Å². The molecule has 0 aromatic carbocycles. The Kier molecular flexibility index (Phi) is 14.0. The maximum absolute atomic E-state index is 12.4. The van der Waals surface area contributed by atoms with E-state index in [1.54, 1.807) is 0 Å². The Morgan fingerprint density at radius 2 is 1.43 bits per heavy atom. The van der Waals surface area contributed by atoms with Crippen LogP contribution in [0.3, 0.4) is 0 Å². The van der Waals surface area contributed by atoms with E-state index in [9.17, 15) is 38.4 Å². The third-order valence-corrected chi connectivity index (χ3v) is 4.59. The van der Waals surface area contributed by atoms with Gasteiger partial charge in [0.25, 0.3) is 5.91 Å². The number of nitrogens with zero attached hydrogens (tertiary/aromatic N) is 3. The average Bonchev–Trinajstić information content (AvgIpc) is 2.84. The number of amides is 2. The van der Waals surface area contributed by atoms with E-state index in [1.165, 1.54) is 19.2 Å². The third-order valence-electron chi connectivity index (χ3n) is 4.59. The summed E-state index contributed by atoms with van der Waals surface area (Å²) < 4.78 is 26.6. The van der Waals surface area contributed by atoms with Crippen molar-refractivity contribution >= 4 is 53.7 Å². The summed E-state index contributed by atoms with van der Waals surface area (Å²) in [6.07, 6.45) is -4.61. The molecule has 0 radical (unpaired) electrons. The number of hydrogen-bond acceptors (Lipinski definition) is 15. The van der Waals surface area contributed by atoms with Gasteiger partial charge in [0.15, 0.2) is 24.4 Å². The van der Waals surface area contributed by atoms with Gasteiger partial charge in [-0.15, -0.1) is 0 Å². The van der Waals surface area contributed by atoms with E-state index in [1.807, 2.05) is 0 Å². The van der Waals surface area contributed by atoms with E-state index in [0.717, 1.165) is 45.4 Å². The number of carbonyl (C=O) groups excluding carboxylic acids is 7. The number of hydrogen-bond donors (Lipinski definition) is 2.